The molecule has 0 saturated carbocycles. The minimum Gasteiger partial charge on any atom is -0.456 e. The first-order valence-corrected chi connectivity index (χ1v) is 16.0. The van der Waals surface area contributed by atoms with Gasteiger partial charge in [0.05, 0.1) is 0 Å². The van der Waals surface area contributed by atoms with Crippen LogP contribution in [-0.4, -0.2) is 15.8 Å². The van der Waals surface area contributed by atoms with Crippen LogP contribution in [0.1, 0.15) is 13.8 Å². The molecule has 1 aliphatic rings. The van der Waals surface area contributed by atoms with Crippen molar-refractivity contribution < 1.29 is 13.9 Å². The average molecular weight is 623 g/mol. The fourth-order valence-electron chi connectivity index (χ4n) is 6.77. The number of benzene rings is 5. The molecule has 8 aromatic rings. The lowest BCUT2D eigenvalue weighted by Crippen LogP contribution is -2.34. The van der Waals surface area contributed by atoms with Crippen LogP contribution in [0.2, 0.25) is 0 Å². The van der Waals surface area contributed by atoms with Crippen LogP contribution in [0.5, 0.6) is 11.5 Å². The van der Waals surface area contributed by atoms with E-state index >= 15 is 0 Å². The predicted molar refractivity (Wildman–Crippen MR) is 192 cm³/mol. The van der Waals surface area contributed by atoms with E-state index in [1.54, 1.807) is 12.4 Å². The average Bonchev–Trinajstić information content (AvgIpc) is 3.46. The van der Waals surface area contributed by atoms with E-state index in [0.29, 0.717) is 0 Å². The zero-order valence-corrected chi connectivity index (χ0v) is 26.5. The Morgan fingerprint density at radius 1 is 0.458 bits per heavy atom. The topological polar surface area (TPSA) is 57.4 Å². The Bertz CT molecular complexity index is 2430. The molecular weight excluding hydrogens is 592 g/mol. The number of furan rings is 1. The largest absolute Gasteiger partial charge is 0.456 e. The van der Waals surface area contributed by atoms with Gasteiger partial charge in [-0.25, -0.2) is 0 Å². The summed E-state index contributed by atoms with van der Waals surface area (Å²) in [6, 6.07) is 42.0. The lowest BCUT2D eigenvalue weighted by molar-refractivity contribution is -0.0778. The van der Waals surface area contributed by atoms with Gasteiger partial charge in [0.2, 0.25) is 5.79 Å². The Morgan fingerprint density at radius 2 is 1.04 bits per heavy atom. The first-order chi connectivity index (χ1) is 23.5. The van der Waals surface area contributed by atoms with Crippen LogP contribution in [-0.2, 0) is 0 Å². The Balaban J connectivity index is 1.24. The molecule has 0 N–H and O–H groups in total. The van der Waals surface area contributed by atoms with Crippen LogP contribution < -0.4 is 9.47 Å². The van der Waals surface area contributed by atoms with Gasteiger partial charge in [0.1, 0.15) is 22.7 Å². The van der Waals surface area contributed by atoms with Gasteiger partial charge in [0.15, 0.2) is 0 Å². The minimum atomic E-state index is -0.864. The van der Waals surface area contributed by atoms with Crippen molar-refractivity contribution in [3.63, 3.8) is 0 Å². The number of rotatable bonds is 4. The minimum absolute atomic E-state index is 0.766. The molecule has 5 aromatic carbocycles. The fraction of sp³-hybridized carbons (Fsp3) is 0.0698. The number of hydrogen-bond acceptors (Lipinski definition) is 5. The van der Waals surface area contributed by atoms with Crippen LogP contribution in [0.25, 0.3) is 77.6 Å². The number of ether oxygens (including phenoxy) is 2. The zero-order chi connectivity index (χ0) is 32.2. The summed E-state index contributed by atoms with van der Waals surface area (Å²) in [5.41, 5.74) is 12.3. The predicted octanol–water partition coefficient (Wildman–Crippen LogP) is 11.2. The second-order valence-corrected chi connectivity index (χ2v) is 12.6. The van der Waals surface area contributed by atoms with Gasteiger partial charge in [0.25, 0.3) is 0 Å². The summed E-state index contributed by atoms with van der Waals surface area (Å²) in [6.45, 7) is 3.90. The molecule has 5 heteroatoms. The quantitative estimate of drug-likeness (QED) is 0.195. The summed E-state index contributed by atoms with van der Waals surface area (Å²) in [4.78, 5) is 8.78. The van der Waals surface area contributed by atoms with Crippen molar-refractivity contribution in [1.29, 1.82) is 0 Å². The molecule has 48 heavy (non-hydrogen) atoms. The number of pyridine rings is 2. The van der Waals surface area contributed by atoms with Crippen molar-refractivity contribution in [2.75, 3.05) is 0 Å². The van der Waals surface area contributed by atoms with Crippen molar-refractivity contribution in [2.24, 2.45) is 0 Å². The molecular formula is C43H30N2O3. The molecule has 4 heterocycles. The van der Waals surface area contributed by atoms with Gasteiger partial charge < -0.3 is 13.9 Å². The van der Waals surface area contributed by atoms with Crippen molar-refractivity contribution >= 4 is 21.9 Å². The summed E-state index contributed by atoms with van der Waals surface area (Å²) in [7, 11) is 0. The van der Waals surface area contributed by atoms with E-state index in [1.807, 2.05) is 56.6 Å². The van der Waals surface area contributed by atoms with Gasteiger partial charge in [-0.3, -0.25) is 9.97 Å². The van der Waals surface area contributed by atoms with Crippen LogP contribution in [0.15, 0.2) is 151 Å². The standard InChI is InChI=1S/C43H30N2O3/c1-43(2)47-39-16-14-27(31-20-32(29-8-6-18-44-25-29)22-33(21-31)30-9-7-19-45-26-30)23-36(39)37-24-28(15-17-40(37)48-43)34-11-5-13-41-42(34)35-10-3-4-12-38(35)46-41/h3-26H,1-2H3. The fourth-order valence-corrected chi connectivity index (χ4v) is 6.77. The molecule has 0 unspecified atom stereocenters. The highest BCUT2D eigenvalue weighted by Crippen LogP contribution is 2.47. The van der Waals surface area contributed by atoms with E-state index in [0.717, 1.165) is 89.1 Å². The van der Waals surface area contributed by atoms with Gasteiger partial charge in [-0.1, -0.05) is 54.6 Å². The SMILES string of the molecule is CC1(C)Oc2ccc(-c3cc(-c4cccnc4)cc(-c4cccnc4)c3)cc2-c2cc(-c3cccc4oc5ccccc5c34)ccc2O1. The monoisotopic (exact) mass is 622 g/mol. The van der Waals surface area contributed by atoms with Gasteiger partial charge in [-0.2, -0.15) is 0 Å². The maximum absolute atomic E-state index is 6.51. The summed E-state index contributed by atoms with van der Waals surface area (Å²) in [6.07, 6.45) is 7.40. The molecule has 3 aromatic heterocycles. The summed E-state index contributed by atoms with van der Waals surface area (Å²) in [5, 5.41) is 2.20. The highest BCUT2D eigenvalue weighted by Gasteiger charge is 2.30. The molecule has 230 valence electrons. The van der Waals surface area contributed by atoms with Crippen molar-refractivity contribution in [3.05, 3.63) is 146 Å². The summed E-state index contributed by atoms with van der Waals surface area (Å²) >= 11 is 0. The van der Waals surface area contributed by atoms with Gasteiger partial charge in [-0.05, 0) is 100 Å². The van der Waals surface area contributed by atoms with Crippen molar-refractivity contribution in [2.45, 2.75) is 19.6 Å². The molecule has 0 saturated heterocycles. The van der Waals surface area contributed by atoms with Crippen molar-refractivity contribution in [3.8, 4) is 67.1 Å². The Kier molecular flexibility index (Phi) is 6.40. The Labute approximate surface area is 278 Å². The number of aromatic nitrogens is 2. The molecule has 0 aliphatic carbocycles. The van der Waals surface area contributed by atoms with Gasteiger partial charge in [-0.15, -0.1) is 0 Å². The third-order valence-corrected chi connectivity index (χ3v) is 8.93. The van der Waals surface area contributed by atoms with Crippen LogP contribution in [0.4, 0.5) is 0 Å². The Morgan fingerprint density at radius 3 is 1.69 bits per heavy atom. The van der Waals surface area contributed by atoms with Crippen LogP contribution in [0, 0.1) is 0 Å². The van der Waals surface area contributed by atoms with E-state index in [2.05, 4.69) is 101 Å². The van der Waals surface area contributed by atoms with Crippen LogP contribution in [0.3, 0.4) is 0 Å². The maximum atomic E-state index is 6.51. The van der Waals surface area contributed by atoms with Crippen LogP contribution >= 0.6 is 0 Å². The molecule has 5 nitrogen and oxygen atoms in total. The Hall–Kier alpha value is -6.20. The molecule has 9 rings (SSSR count). The van der Waals surface area contributed by atoms with E-state index in [9.17, 15) is 0 Å². The molecule has 0 radical (unpaired) electrons. The van der Waals surface area contributed by atoms with E-state index in [4.69, 9.17) is 13.9 Å². The highest BCUT2D eigenvalue weighted by molar-refractivity contribution is 6.12. The van der Waals surface area contributed by atoms with Gasteiger partial charge in [0, 0.05) is 71.7 Å². The molecule has 0 atom stereocenters. The zero-order valence-electron chi connectivity index (χ0n) is 26.5. The number of nitrogens with zero attached hydrogens (tertiary/aromatic N) is 2. The normalized spacial score (nSPS) is 13.3. The summed E-state index contributed by atoms with van der Waals surface area (Å²) in [5.74, 6) is 0.670. The third kappa shape index (κ3) is 4.88. The molecule has 0 bridgehead atoms. The van der Waals surface area contributed by atoms with E-state index in [1.165, 1.54) is 0 Å². The van der Waals surface area contributed by atoms with Gasteiger partial charge >= 0.3 is 0 Å². The van der Waals surface area contributed by atoms with E-state index < -0.39 is 5.79 Å². The third-order valence-electron chi connectivity index (χ3n) is 8.93. The summed E-state index contributed by atoms with van der Waals surface area (Å²) < 4.78 is 19.2. The first-order valence-electron chi connectivity index (χ1n) is 16.0. The van der Waals surface area contributed by atoms with Crippen molar-refractivity contribution in [1.82, 2.24) is 9.97 Å². The first kappa shape index (κ1) is 28.1. The molecule has 0 amide bonds. The second kappa shape index (κ2) is 11.0. The lowest BCUT2D eigenvalue weighted by atomic mass is 9.91. The molecule has 1 aliphatic heterocycles. The maximum Gasteiger partial charge on any atom is 0.245 e. The highest BCUT2D eigenvalue weighted by atomic mass is 16.7. The van der Waals surface area contributed by atoms with E-state index in [-0.39, 0.29) is 0 Å². The smallest absolute Gasteiger partial charge is 0.245 e. The number of fused-ring (bicyclic) bond motifs is 6. The number of hydrogen-bond donors (Lipinski definition) is 0. The lowest BCUT2D eigenvalue weighted by Gasteiger charge is -2.25. The second-order valence-electron chi connectivity index (χ2n) is 12.6. The number of para-hydroxylation sites is 1. The molecule has 0 spiro atoms. The molecule has 0 fully saturated rings.